The van der Waals surface area contributed by atoms with Crippen molar-refractivity contribution in [3.63, 3.8) is 0 Å². The summed E-state index contributed by atoms with van der Waals surface area (Å²) in [4.78, 5) is 22.0. The summed E-state index contributed by atoms with van der Waals surface area (Å²) in [6.07, 6.45) is -2.06. The molecule has 1 aliphatic heterocycles. The van der Waals surface area contributed by atoms with Gasteiger partial charge in [-0.15, -0.1) is 0 Å². The maximum atomic E-state index is 11.1. The minimum Gasteiger partial charge on any atom is -0.463 e. The predicted molar refractivity (Wildman–Crippen MR) is 63.5 cm³/mol. The van der Waals surface area contributed by atoms with E-state index in [9.17, 15) is 9.59 Å². The van der Waals surface area contributed by atoms with Gasteiger partial charge in [-0.25, -0.2) is 0 Å². The van der Waals surface area contributed by atoms with Crippen LogP contribution in [-0.2, 0) is 33.3 Å². The molecule has 1 aliphatic rings. The van der Waals surface area contributed by atoms with Gasteiger partial charge in [-0.3, -0.25) is 9.59 Å². The second-order valence-corrected chi connectivity index (χ2v) is 4.22. The van der Waals surface area contributed by atoms with E-state index in [-0.39, 0.29) is 13.2 Å². The molecule has 0 aromatic rings. The van der Waals surface area contributed by atoms with Crippen molar-refractivity contribution in [1.82, 2.24) is 0 Å². The third kappa shape index (κ3) is 4.45. The van der Waals surface area contributed by atoms with Gasteiger partial charge in [0.1, 0.15) is 24.9 Å². The van der Waals surface area contributed by atoms with Crippen molar-refractivity contribution in [2.45, 2.75) is 38.3 Å². The number of carbonyl (C=O) groups is 2. The van der Waals surface area contributed by atoms with Crippen molar-refractivity contribution in [3.05, 3.63) is 0 Å². The van der Waals surface area contributed by atoms with Gasteiger partial charge in [-0.2, -0.15) is 0 Å². The van der Waals surface area contributed by atoms with Gasteiger partial charge in [0.05, 0.1) is 6.61 Å². The summed E-state index contributed by atoms with van der Waals surface area (Å²) in [5.74, 6) is -0.835. The molecule has 0 aromatic carbocycles. The summed E-state index contributed by atoms with van der Waals surface area (Å²) < 4.78 is 26.2. The van der Waals surface area contributed by atoms with Crippen LogP contribution in [0.25, 0.3) is 0 Å². The number of ether oxygens (including phenoxy) is 5. The molecule has 0 spiro atoms. The van der Waals surface area contributed by atoms with E-state index >= 15 is 0 Å². The van der Waals surface area contributed by atoms with Gasteiger partial charge >= 0.3 is 11.9 Å². The molecule has 0 aromatic heterocycles. The average Bonchev–Trinajstić information content (AvgIpc) is 2.35. The van der Waals surface area contributed by atoms with Gasteiger partial charge in [0, 0.05) is 28.1 Å². The standard InChI is InChI=1S/C12H20O7/c1-7(13)17-6-10-11(16-4)12(19-8(2)14)9(15-3)5-18-10/h9-12H,5-6H2,1-4H3/t9-,10+,11+,12+/m0/s1. The van der Waals surface area contributed by atoms with E-state index < -0.39 is 36.4 Å². The minimum atomic E-state index is -0.596. The smallest absolute Gasteiger partial charge is 0.303 e. The minimum absolute atomic E-state index is 0.0437. The van der Waals surface area contributed by atoms with E-state index in [1.54, 1.807) is 0 Å². The number of esters is 2. The van der Waals surface area contributed by atoms with E-state index in [0.29, 0.717) is 0 Å². The molecule has 0 bridgehead atoms. The van der Waals surface area contributed by atoms with Crippen molar-refractivity contribution in [2.75, 3.05) is 27.4 Å². The molecule has 19 heavy (non-hydrogen) atoms. The fraction of sp³-hybridized carbons (Fsp3) is 0.833. The summed E-state index contributed by atoms with van der Waals surface area (Å²) in [6.45, 7) is 2.91. The third-order valence-corrected chi connectivity index (χ3v) is 2.86. The van der Waals surface area contributed by atoms with Crippen molar-refractivity contribution in [1.29, 1.82) is 0 Å². The molecule has 1 rings (SSSR count). The highest BCUT2D eigenvalue weighted by Gasteiger charge is 2.43. The molecule has 110 valence electrons. The molecule has 7 nitrogen and oxygen atoms in total. The van der Waals surface area contributed by atoms with Crippen molar-refractivity contribution in [2.24, 2.45) is 0 Å². The quantitative estimate of drug-likeness (QED) is 0.649. The molecule has 4 atom stereocenters. The second kappa shape index (κ2) is 7.42. The van der Waals surface area contributed by atoms with Crippen LogP contribution < -0.4 is 0 Å². The van der Waals surface area contributed by atoms with Gasteiger partial charge in [-0.05, 0) is 0 Å². The first-order valence-corrected chi connectivity index (χ1v) is 5.97. The molecule has 1 fully saturated rings. The third-order valence-electron chi connectivity index (χ3n) is 2.86. The normalized spacial score (nSPS) is 30.7. The molecule has 0 radical (unpaired) electrons. The summed E-state index contributed by atoms with van der Waals surface area (Å²) in [6, 6.07) is 0. The van der Waals surface area contributed by atoms with Crippen LogP contribution in [-0.4, -0.2) is 63.8 Å². The Bertz CT molecular complexity index is 317. The van der Waals surface area contributed by atoms with Crippen molar-refractivity contribution in [3.8, 4) is 0 Å². The van der Waals surface area contributed by atoms with E-state index in [2.05, 4.69) is 0 Å². The summed E-state index contributed by atoms with van der Waals surface area (Å²) in [5.41, 5.74) is 0. The molecule has 7 heteroatoms. The van der Waals surface area contributed by atoms with E-state index in [0.717, 1.165) is 0 Å². The second-order valence-electron chi connectivity index (χ2n) is 4.22. The average molecular weight is 276 g/mol. The number of hydrogen-bond donors (Lipinski definition) is 0. The number of carbonyl (C=O) groups excluding carboxylic acids is 2. The fourth-order valence-electron chi connectivity index (χ4n) is 2.00. The fourth-order valence-corrected chi connectivity index (χ4v) is 2.00. The maximum Gasteiger partial charge on any atom is 0.303 e. The van der Waals surface area contributed by atoms with Crippen LogP contribution >= 0.6 is 0 Å². The molecule has 1 heterocycles. The highest BCUT2D eigenvalue weighted by atomic mass is 16.6. The summed E-state index contributed by atoms with van der Waals surface area (Å²) in [7, 11) is 2.98. The largest absolute Gasteiger partial charge is 0.463 e. The zero-order valence-electron chi connectivity index (χ0n) is 11.6. The van der Waals surface area contributed by atoms with Gasteiger partial charge < -0.3 is 23.7 Å². The van der Waals surface area contributed by atoms with Crippen LogP contribution in [0.3, 0.4) is 0 Å². The Morgan fingerprint density at radius 3 is 2.26 bits per heavy atom. The van der Waals surface area contributed by atoms with Crippen molar-refractivity contribution >= 4 is 11.9 Å². The number of rotatable bonds is 5. The lowest BCUT2D eigenvalue weighted by atomic mass is 10.00. The molecule has 0 amide bonds. The van der Waals surface area contributed by atoms with Crippen LogP contribution in [0, 0.1) is 0 Å². The van der Waals surface area contributed by atoms with Gasteiger partial charge in [-0.1, -0.05) is 0 Å². The van der Waals surface area contributed by atoms with Crippen LogP contribution in [0.2, 0.25) is 0 Å². The first-order chi connectivity index (χ1) is 8.99. The van der Waals surface area contributed by atoms with E-state index in [1.165, 1.54) is 28.1 Å². The van der Waals surface area contributed by atoms with Gasteiger partial charge in [0.15, 0.2) is 6.10 Å². The van der Waals surface area contributed by atoms with Crippen LogP contribution in [0.5, 0.6) is 0 Å². The Labute approximate surface area is 112 Å². The monoisotopic (exact) mass is 276 g/mol. The first-order valence-electron chi connectivity index (χ1n) is 5.97. The predicted octanol–water partition coefficient (Wildman–Crippen LogP) is -0.0900. The lowest BCUT2D eigenvalue weighted by molar-refractivity contribution is -0.225. The maximum absolute atomic E-state index is 11.1. The van der Waals surface area contributed by atoms with Gasteiger partial charge in [0.2, 0.25) is 0 Å². The Morgan fingerprint density at radius 1 is 1.11 bits per heavy atom. The first kappa shape index (κ1) is 15.9. The number of methoxy groups -OCH3 is 2. The Balaban J connectivity index is 2.75. The molecule has 0 N–H and O–H groups in total. The SMILES string of the molecule is CO[C@H]1[C@H](OC(C)=O)[C@@H](OC)CO[C@@H]1COC(C)=O. The zero-order chi connectivity index (χ0) is 14.4. The molecule has 1 saturated heterocycles. The van der Waals surface area contributed by atoms with Crippen LogP contribution in [0.1, 0.15) is 13.8 Å². The Hall–Kier alpha value is -1.18. The van der Waals surface area contributed by atoms with Gasteiger partial charge in [0.25, 0.3) is 0 Å². The lowest BCUT2D eigenvalue weighted by Gasteiger charge is -2.40. The molecular weight excluding hydrogens is 256 g/mol. The molecule has 0 unspecified atom stereocenters. The van der Waals surface area contributed by atoms with Crippen LogP contribution in [0.4, 0.5) is 0 Å². The Morgan fingerprint density at radius 2 is 1.79 bits per heavy atom. The Kier molecular flexibility index (Phi) is 6.20. The topological polar surface area (TPSA) is 80.3 Å². The number of hydrogen-bond acceptors (Lipinski definition) is 7. The molecular formula is C12H20O7. The molecule has 0 aliphatic carbocycles. The summed E-state index contributed by atoms with van der Waals surface area (Å²) in [5, 5.41) is 0. The van der Waals surface area contributed by atoms with Crippen molar-refractivity contribution < 1.29 is 33.3 Å². The van der Waals surface area contributed by atoms with E-state index in [1.807, 2.05) is 0 Å². The molecule has 0 saturated carbocycles. The zero-order valence-corrected chi connectivity index (χ0v) is 11.6. The highest BCUT2D eigenvalue weighted by Crippen LogP contribution is 2.23. The van der Waals surface area contributed by atoms with E-state index in [4.69, 9.17) is 23.7 Å². The van der Waals surface area contributed by atoms with Crippen LogP contribution in [0.15, 0.2) is 0 Å². The highest BCUT2D eigenvalue weighted by molar-refractivity contribution is 5.66. The summed E-state index contributed by atoms with van der Waals surface area (Å²) >= 11 is 0. The lowest BCUT2D eigenvalue weighted by Crippen LogP contribution is -2.57.